The summed E-state index contributed by atoms with van der Waals surface area (Å²) in [5, 5.41) is 9.58. The first kappa shape index (κ1) is 26.5. The van der Waals surface area contributed by atoms with Crippen molar-refractivity contribution < 1.29 is 33.6 Å². The molecule has 2 aromatic carbocycles. The van der Waals surface area contributed by atoms with Crippen LogP contribution in [0, 0.1) is 0 Å². The second-order valence-corrected chi connectivity index (χ2v) is 9.12. The lowest BCUT2D eigenvalue weighted by Crippen LogP contribution is -2.46. The van der Waals surface area contributed by atoms with Crippen LogP contribution in [-0.4, -0.2) is 74.7 Å². The molecule has 9 heteroatoms. The molecule has 1 N–H and O–H groups in total. The van der Waals surface area contributed by atoms with Crippen LogP contribution in [0.2, 0.25) is 0 Å². The number of hydrogen-bond acceptors (Lipinski definition) is 6. The Hall–Kier alpha value is -3.56. The zero-order valence-corrected chi connectivity index (χ0v) is 21.1. The minimum Gasteiger partial charge on any atom is -0.490 e. The zero-order valence-electron chi connectivity index (χ0n) is 21.1. The Morgan fingerprint density at radius 1 is 1.24 bits per heavy atom. The average Bonchev–Trinajstić information content (AvgIpc) is 2.92. The predicted molar refractivity (Wildman–Crippen MR) is 138 cm³/mol. The SMILES string of the molecule is C=CCOc1ccc(C2CCN(C(=O)O)CC2OCc2ccc3c(c2)N(CCCOC)C(=O)CO3)cc1. The van der Waals surface area contributed by atoms with E-state index in [1.54, 1.807) is 18.1 Å². The first-order valence-electron chi connectivity index (χ1n) is 12.5. The topological polar surface area (TPSA) is 97.8 Å². The number of carbonyl (C=O) groups is 2. The van der Waals surface area contributed by atoms with Crippen molar-refractivity contribution in [1.29, 1.82) is 0 Å². The summed E-state index contributed by atoms with van der Waals surface area (Å²) in [6, 6.07) is 13.5. The molecular formula is C28H34N2O7. The molecule has 0 aliphatic carbocycles. The van der Waals surface area contributed by atoms with Gasteiger partial charge in [0.1, 0.15) is 18.1 Å². The number of nitrogens with zero attached hydrogens (tertiary/aromatic N) is 2. The van der Waals surface area contributed by atoms with Crippen molar-refractivity contribution in [3.8, 4) is 11.5 Å². The first-order valence-corrected chi connectivity index (χ1v) is 12.5. The minimum absolute atomic E-state index is 0.0159. The average molecular weight is 511 g/mol. The maximum atomic E-state index is 12.5. The van der Waals surface area contributed by atoms with Crippen LogP contribution in [-0.2, 0) is 20.9 Å². The third-order valence-electron chi connectivity index (χ3n) is 6.67. The van der Waals surface area contributed by atoms with E-state index in [1.807, 2.05) is 42.5 Å². The number of ether oxygens (including phenoxy) is 4. The quantitative estimate of drug-likeness (QED) is 0.360. The number of hydrogen-bond donors (Lipinski definition) is 1. The lowest BCUT2D eigenvalue weighted by molar-refractivity contribution is -0.121. The van der Waals surface area contributed by atoms with Gasteiger partial charge in [0.05, 0.1) is 24.9 Å². The van der Waals surface area contributed by atoms with E-state index >= 15 is 0 Å². The van der Waals surface area contributed by atoms with Crippen LogP contribution in [0.3, 0.4) is 0 Å². The monoisotopic (exact) mass is 510 g/mol. The molecule has 1 saturated heterocycles. The number of carbonyl (C=O) groups excluding carboxylic acids is 1. The zero-order chi connectivity index (χ0) is 26.2. The molecule has 2 aliphatic heterocycles. The van der Waals surface area contributed by atoms with E-state index in [2.05, 4.69) is 6.58 Å². The number of carboxylic acid groups (broad SMARTS) is 1. The van der Waals surface area contributed by atoms with Gasteiger partial charge in [-0.1, -0.05) is 30.9 Å². The molecule has 0 saturated carbocycles. The Kier molecular flexibility index (Phi) is 9.03. The van der Waals surface area contributed by atoms with Gasteiger partial charge in [-0.05, 0) is 48.2 Å². The highest BCUT2D eigenvalue weighted by Gasteiger charge is 2.33. The molecule has 2 aromatic rings. The van der Waals surface area contributed by atoms with Crippen molar-refractivity contribution in [2.75, 3.05) is 51.5 Å². The Balaban J connectivity index is 1.48. The highest BCUT2D eigenvalue weighted by Crippen LogP contribution is 2.35. The summed E-state index contributed by atoms with van der Waals surface area (Å²) >= 11 is 0. The highest BCUT2D eigenvalue weighted by atomic mass is 16.5. The van der Waals surface area contributed by atoms with Gasteiger partial charge in [-0.3, -0.25) is 4.79 Å². The predicted octanol–water partition coefficient (Wildman–Crippen LogP) is 4.07. The number of likely N-dealkylation sites (tertiary alicyclic amines) is 1. The standard InChI is InChI=1S/C28H34N2O7/c1-3-14-35-22-8-6-21(7-9-22)23-11-13-29(28(32)33)17-26(23)36-18-20-5-10-25-24(16-20)30(12-4-15-34-2)27(31)19-37-25/h3,5-10,16,23,26H,1,4,11-15,17-19H2,2H3,(H,32,33). The largest absolute Gasteiger partial charge is 0.490 e. The highest BCUT2D eigenvalue weighted by molar-refractivity contribution is 5.97. The molecule has 2 unspecified atom stereocenters. The molecule has 37 heavy (non-hydrogen) atoms. The van der Waals surface area contributed by atoms with E-state index in [9.17, 15) is 14.7 Å². The third kappa shape index (κ3) is 6.61. The smallest absolute Gasteiger partial charge is 0.407 e. The van der Waals surface area contributed by atoms with Crippen LogP contribution >= 0.6 is 0 Å². The van der Waals surface area contributed by atoms with Crippen LogP contribution in [0.15, 0.2) is 55.1 Å². The number of fused-ring (bicyclic) bond motifs is 1. The van der Waals surface area contributed by atoms with Crippen LogP contribution < -0.4 is 14.4 Å². The Morgan fingerprint density at radius 3 is 2.78 bits per heavy atom. The normalized spacial score (nSPS) is 19.2. The summed E-state index contributed by atoms with van der Waals surface area (Å²) < 4.78 is 22.7. The number of benzene rings is 2. The number of rotatable bonds is 11. The van der Waals surface area contributed by atoms with Crippen LogP contribution in [0.4, 0.5) is 10.5 Å². The Bertz CT molecular complexity index is 1090. The number of piperidine rings is 1. The van der Waals surface area contributed by atoms with Gasteiger partial charge in [0.2, 0.25) is 0 Å². The third-order valence-corrected chi connectivity index (χ3v) is 6.67. The molecule has 2 heterocycles. The van der Waals surface area contributed by atoms with Crippen molar-refractivity contribution in [2.24, 2.45) is 0 Å². The number of anilines is 1. The molecule has 9 nitrogen and oxygen atoms in total. The van der Waals surface area contributed by atoms with E-state index in [0.717, 1.165) is 22.6 Å². The minimum atomic E-state index is -0.948. The summed E-state index contributed by atoms with van der Waals surface area (Å²) in [7, 11) is 1.64. The van der Waals surface area contributed by atoms with E-state index in [0.29, 0.717) is 44.9 Å². The van der Waals surface area contributed by atoms with Gasteiger partial charge in [-0.15, -0.1) is 0 Å². The van der Waals surface area contributed by atoms with Crippen molar-refractivity contribution >= 4 is 17.7 Å². The first-order chi connectivity index (χ1) is 18.0. The van der Waals surface area contributed by atoms with E-state index < -0.39 is 6.09 Å². The molecule has 2 atom stereocenters. The fourth-order valence-corrected chi connectivity index (χ4v) is 4.76. The van der Waals surface area contributed by atoms with Gasteiger partial charge in [0.25, 0.3) is 5.91 Å². The number of amides is 2. The maximum Gasteiger partial charge on any atom is 0.407 e. The van der Waals surface area contributed by atoms with Crippen LogP contribution in [0.25, 0.3) is 0 Å². The molecule has 4 rings (SSSR count). The van der Waals surface area contributed by atoms with Crippen molar-refractivity contribution in [3.05, 3.63) is 66.2 Å². The molecule has 2 amide bonds. The van der Waals surface area contributed by atoms with E-state index in [4.69, 9.17) is 18.9 Å². The number of methoxy groups -OCH3 is 1. The molecule has 1 fully saturated rings. The summed E-state index contributed by atoms with van der Waals surface area (Å²) in [4.78, 5) is 27.3. The summed E-state index contributed by atoms with van der Waals surface area (Å²) in [6.07, 6.45) is 1.80. The molecule has 0 bridgehead atoms. The van der Waals surface area contributed by atoms with Crippen LogP contribution in [0.5, 0.6) is 11.5 Å². The van der Waals surface area contributed by atoms with E-state index in [1.165, 1.54) is 4.90 Å². The van der Waals surface area contributed by atoms with Crippen molar-refractivity contribution in [2.45, 2.75) is 31.5 Å². The van der Waals surface area contributed by atoms with Gasteiger partial charge >= 0.3 is 6.09 Å². The second-order valence-electron chi connectivity index (χ2n) is 9.12. The van der Waals surface area contributed by atoms with Gasteiger partial charge in [0.15, 0.2) is 6.61 Å². The summed E-state index contributed by atoms with van der Waals surface area (Å²) in [5.41, 5.74) is 2.68. The summed E-state index contributed by atoms with van der Waals surface area (Å²) in [6.45, 7) is 6.23. The maximum absolute atomic E-state index is 12.5. The fraction of sp³-hybridized carbons (Fsp3) is 0.429. The molecule has 0 aromatic heterocycles. The van der Waals surface area contributed by atoms with Gasteiger partial charge in [0, 0.05) is 32.7 Å². The lowest BCUT2D eigenvalue weighted by Gasteiger charge is -2.37. The summed E-state index contributed by atoms with van der Waals surface area (Å²) in [5.74, 6) is 1.36. The molecular weight excluding hydrogens is 476 g/mol. The Labute approximate surface area is 217 Å². The molecule has 198 valence electrons. The molecule has 0 spiro atoms. The second kappa shape index (κ2) is 12.6. The molecule has 0 radical (unpaired) electrons. The van der Waals surface area contributed by atoms with Crippen molar-refractivity contribution in [1.82, 2.24) is 4.90 Å². The fourth-order valence-electron chi connectivity index (χ4n) is 4.76. The molecule has 2 aliphatic rings. The van der Waals surface area contributed by atoms with E-state index in [-0.39, 0.29) is 37.7 Å². The van der Waals surface area contributed by atoms with Crippen molar-refractivity contribution in [3.63, 3.8) is 0 Å². The lowest BCUT2D eigenvalue weighted by atomic mass is 9.87. The van der Waals surface area contributed by atoms with Crippen LogP contribution in [0.1, 0.15) is 29.9 Å². The van der Waals surface area contributed by atoms with Gasteiger partial charge in [-0.2, -0.15) is 0 Å². The van der Waals surface area contributed by atoms with Gasteiger partial charge < -0.3 is 33.9 Å². The van der Waals surface area contributed by atoms with Gasteiger partial charge in [-0.25, -0.2) is 4.79 Å². The Morgan fingerprint density at radius 2 is 2.05 bits per heavy atom.